The molecular formula is C53H48N8O2S2. The monoisotopic (exact) mass is 892 g/mol. The van der Waals surface area contributed by atoms with Gasteiger partial charge in [0.15, 0.2) is 11.5 Å². The first-order chi connectivity index (χ1) is 31.6. The molecule has 0 N–H and O–H groups in total. The molecule has 0 saturated carbocycles. The fourth-order valence-electron chi connectivity index (χ4n) is 8.81. The Morgan fingerprint density at radius 3 is 1.74 bits per heavy atom. The number of benzene rings is 2. The van der Waals surface area contributed by atoms with Gasteiger partial charge in [-0.15, -0.1) is 22.7 Å². The van der Waals surface area contributed by atoms with Gasteiger partial charge in [-0.25, -0.2) is 9.97 Å². The molecule has 0 bridgehead atoms. The van der Waals surface area contributed by atoms with Crippen molar-refractivity contribution in [2.75, 3.05) is 0 Å². The van der Waals surface area contributed by atoms with E-state index in [1.54, 1.807) is 47.7 Å². The van der Waals surface area contributed by atoms with Crippen LogP contribution in [0.2, 0.25) is 0 Å². The van der Waals surface area contributed by atoms with E-state index in [-0.39, 0.29) is 12.1 Å². The molecule has 0 radical (unpaired) electrons. The van der Waals surface area contributed by atoms with Gasteiger partial charge in [-0.1, -0.05) is 72.7 Å². The van der Waals surface area contributed by atoms with E-state index in [0.29, 0.717) is 0 Å². The molecule has 0 fully saturated rings. The number of thiophene rings is 2. The summed E-state index contributed by atoms with van der Waals surface area (Å²) in [7, 11) is 3.92. The van der Waals surface area contributed by atoms with E-state index >= 15 is 0 Å². The van der Waals surface area contributed by atoms with Gasteiger partial charge in [0.05, 0.1) is 78.5 Å². The van der Waals surface area contributed by atoms with Crippen molar-refractivity contribution in [3.05, 3.63) is 162 Å². The minimum Gasteiger partial charge on any atom is -0.358 e. The number of hydrogen-bond acceptors (Lipinski definition) is 10. The molecule has 0 aliphatic carbocycles. The molecule has 324 valence electrons. The third-order valence-electron chi connectivity index (χ3n) is 12.6. The van der Waals surface area contributed by atoms with Crippen LogP contribution in [0.4, 0.5) is 0 Å². The highest BCUT2D eigenvalue weighted by molar-refractivity contribution is 7.17. The molecule has 65 heavy (non-hydrogen) atoms. The van der Waals surface area contributed by atoms with Crippen molar-refractivity contribution in [3.63, 3.8) is 0 Å². The number of fused-ring (bicyclic) bond motifs is 6. The van der Waals surface area contributed by atoms with Crippen molar-refractivity contribution < 1.29 is 9.05 Å². The van der Waals surface area contributed by atoms with Crippen molar-refractivity contribution in [1.29, 1.82) is 0 Å². The minimum atomic E-state index is -0.200. The van der Waals surface area contributed by atoms with Gasteiger partial charge in [0.2, 0.25) is 0 Å². The van der Waals surface area contributed by atoms with Crippen LogP contribution in [-0.2, 0) is 33.4 Å². The molecule has 12 heteroatoms. The molecule has 0 spiro atoms. The average Bonchev–Trinajstić information content (AvgIpc) is 4.18. The summed E-state index contributed by atoms with van der Waals surface area (Å²) in [6.07, 6.45) is 11.4. The highest BCUT2D eigenvalue weighted by Gasteiger charge is 2.35. The maximum absolute atomic E-state index is 6.31. The number of aliphatic imine (C=N–C) groups is 2. The number of nitrogens with zero attached hydrogens (tertiary/aromatic N) is 8. The Morgan fingerprint density at radius 2 is 1.18 bits per heavy atom. The Bertz CT molecular complexity index is 3300. The van der Waals surface area contributed by atoms with Crippen LogP contribution in [0.5, 0.6) is 0 Å². The second kappa shape index (κ2) is 17.3. The molecule has 2 aliphatic heterocycles. The second-order valence-corrected chi connectivity index (χ2v) is 18.9. The van der Waals surface area contributed by atoms with Crippen molar-refractivity contribution >= 4 is 34.1 Å². The predicted molar refractivity (Wildman–Crippen MR) is 259 cm³/mol. The van der Waals surface area contributed by atoms with Gasteiger partial charge in [0.25, 0.3) is 0 Å². The van der Waals surface area contributed by atoms with Crippen LogP contribution in [-0.4, -0.2) is 40.8 Å². The number of imidazole rings is 2. The van der Waals surface area contributed by atoms with E-state index in [0.717, 1.165) is 142 Å². The molecular weight excluding hydrogens is 845 g/mol. The Balaban J connectivity index is 0.950. The van der Waals surface area contributed by atoms with Gasteiger partial charge in [0.1, 0.15) is 23.5 Å². The summed E-state index contributed by atoms with van der Waals surface area (Å²) in [5, 5.41) is 9.14. The summed E-state index contributed by atoms with van der Waals surface area (Å²) >= 11 is 3.39. The summed E-state index contributed by atoms with van der Waals surface area (Å²) < 4.78 is 16.1. The fourth-order valence-corrected chi connectivity index (χ4v) is 11.3. The Kier molecular flexibility index (Phi) is 11.2. The first-order valence-corrected chi connectivity index (χ1v) is 23.8. The van der Waals surface area contributed by atoms with Gasteiger partial charge in [-0.3, -0.25) is 9.98 Å². The first kappa shape index (κ1) is 42.1. The van der Waals surface area contributed by atoms with Crippen LogP contribution in [0.15, 0.2) is 92.6 Å². The maximum atomic E-state index is 6.31. The molecule has 10 rings (SSSR count). The SMILES string of the molecule is CCc1ccc(C2=N[C@@H](CC)c3onc(CCCc4ccc(C5=N[C@@H](C)c6onc(C)c6-c6sc(C#Cc7cncn7C)c(C)c65)cc4)c3-c3sc(C#Cc4cncn4C)c(C)c32)cc1. The van der Waals surface area contributed by atoms with Gasteiger partial charge in [-0.2, -0.15) is 0 Å². The topological polar surface area (TPSA) is 112 Å². The molecule has 0 unspecified atom stereocenters. The molecule has 8 heterocycles. The molecule has 2 aromatic carbocycles. The standard InChI is InChI=1S/C53H48N8O2S2/c1-9-34-14-18-37(19-15-34)49-45-31(4)43(25-23-39-27-55-29-61(39)8)65-53(45)47-41(59-63-51(47)40(10-2)57-49)13-11-12-35-16-20-36(21-17-35)48-44-30(3)42(24-22-38-26-54-28-60(38)7)64-52(44)46-32(5)58-62-50(46)33(6)56-48/h14-21,26-29,33,40H,9-13H2,1-8H3/t33-,40-/m0/s1. The number of hydrogen-bond donors (Lipinski definition) is 0. The minimum absolute atomic E-state index is 0.159. The lowest BCUT2D eigenvalue weighted by atomic mass is 9.94. The summed E-state index contributed by atoms with van der Waals surface area (Å²) in [5.41, 5.74) is 16.7. The van der Waals surface area contributed by atoms with Crippen LogP contribution in [0, 0.1) is 44.5 Å². The van der Waals surface area contributed by atoms with E-state index in [2.05, 4.69) is 122 Å². The first-order valence-electron chi connectivity index (χ1n) is 22.1. The number of aryl methyl sites for hydroxylation is 6. The van der Waals surface area contributed by atoms with Crippen LogP contribution in [0.1, 0.15) is 134 Å². The molecule has 2 atom stereocenters. The van der Waals surface area contributed by atoms with E-state index in [4.69, 9.17) is 24.2 Å². The lowest BCUT2D eigenvalue weighted by molar-refractivity contribution is 0.355. The van der Waals surface area contributed by atoms with Crippen molar-refractivity contribution in [2.24, 2.45) is 24.1 Å². The lowest BCUT2D eigenvalue weighted by Crippen LogP contribution is -2.07. The second-order valence-electron chi connectivity index (χ2n) is 16.8. The van der Waals surface area contributed by atoms with Crippen molar-refractivity contribution in [2.45, 2.75) is 85.7 Å². The van der Waals surface area contributed by atoms with E-state index < -0.39 is 0 Å². The number of rotatable bonds is 8. The van der Waals surface area contributed by atoms with Crippen molar-refractivity contribution in [3.8, 4) is 44.6 Å². The molecule has 6 aromatic heterocycles. The quantitative estimate of drug-likeness (QED) is 0.140. The molecule has 8 aromatic rings. The predicted octanol–water partition coefficient (Wildman–Crippen LogP) is 11.3. The van der Waals surface area contributed by atoms with Crippen LogP contribution in [0.25, 0.3) is 20.9 Å². The molecule has 10 nitrogen and oxygen atoms in total. The zero-order chi connectivity index (χ0) is 44.9. The Labute approximate surface area is 387 Å². The largest absolute Gasteiger partial charge is 0.358 e. The van der Waals surface area contributed by atoms with Crippen LogP contribution in [0.3, 0.4) is 0 Å². The van der Waals surface area contributed by atoms with Crippen LogP contribution >= 0.6 is 22.7 Å². The lowest BCUT2D eigenvalue weighted by Gasteiger charge is -2.11. The normalized spacial score (nSPS) is 15.0. The Hall–Kier alpha value is -6.86. The molecule has 2 aliphatic rings. The Morgan fingerprint density at radius 1 is 0.631 bits per heavy atom. The van der Waals surface area contributed by atoms with Gasteiger partial charge < -0.3 is 18.2 Å². The third-order valence-corrected chi connectivity index (χ3v) is 15.0. The van der Waals surface area contributed by atoms with Crippen LogP contribution < -0.4 is 0 Å². The highest BCUT2D eigenvalue weighted by atomic mass is 32.1. The number of aromatic nitrogens is 6. The summed E-state index contributed by atoms with van der Waals surface area (Å²) in [6, 6.07) is 17.3. The highest BCUT2D eigenvalue weighted by Crippen LogP contribution is 2.48. The van der Waals surface area contributed by atoms with Gasteiger partial charge in [0, 0.05) is 36.3 Å². The van der Waals surface area contributed by atoms with E-state index in [9.17, 15) is 0 Å². The average molecular weight is 893 g/mol. The van der Waals surface area contributed by atoms with Gasteiger partial charge >= 0.3 is 0 Å². The van der Waals surface area contributed by atoms with E-state index in [1.807, 2.05) is 30.2 Å². The van der Waals surface area contributed by atoms with Crippen molar-refractivity contribution in [1.82, 2.24) is 29.4 Å². The summed E-state index contributed by atoms with van der Waals surface area (Å²) in [5.74, 6) is 15.2. The zero-order valence-electron chi connectivity index (χ0n) is 37.8. The molecule has 0 saturated heterocycles. The fraction of sp³-hybridized carbons (Fsp3) is 0.283. The third kappa shape index (κ3) is 7.61. The smallest absolute Gasteiger partial charge is 0.170 e. The summed E-state index contributed by atoms with van der Waals surface area (Å²) in [6.45, 7) is 12.8. The zero-order valence-corrected chi connectivity index (χ0v) is 39.5. The maximum Gasteiger partial charge on any atom is 0.170 e. The van der Waals surface area contributed by atoms with E-state index in [1.165, 1.54) is 11.1 Å². The molecule has 0 amide bonds. The summed E-state index contributed by atoms with van der Waals surface area (Å²) in [4.78, 5) is 23.5. The van der Waals surface area contributed by atoms with Gasteiger partial charge in [-0.05, 0) is 106 Å².